The van der Waals surface area contributed by atoms with Crippen molar-refractivity contribution >= 4 is 50.6 Å². The van der Waals surface area contributed by atoms with Crippen molar-refractivity contribution in [3.63, 3.8) is 0 Å². The molecule has 4 aromatic rings. The van der Waals surface area contributed by atoms with E-state index in [4.69, 9.17) is 0 Å². The van der Waals surface area contributed by atoms with Gasteiger partial charge in [0.1, 0.15) is 0 Å². The monoisotopic (exact) mass is 461 g/mol. The summed E-state index contributed by atoms with van der Waals surface area (Å²) < 4.78 is 2.27. The van der Waals surface area contributed by atoms with Crippen LogP contribution in [0.3, 0.4) is 0 Å². The molecule has 166 valence electrons. The maximum atomic E-state index is 13.3. The summed E-state index contributed by atoms with van der Waals surface area (Å²) in [5, 5.41) is 6.12. The highest BCUT2D eigenvalue weighted by atomic mass is 32.1. The van der Waals surface area contributed by atoms with Crippen molar-refractivity contribution in [2.75, 3.05) is 10.2 Å². The third kappa shape index (κ3) is 3.54. The lowest BCUT2D eigenvalue weighted by atomic mass is 9.98. The summed E-state index contributed by atoms with van der Waals surface area (Å²) >= 11 is 1.36. The number of carbonyl (C=O) groups excluding carboxylic acids is 3. The fourth-order valence-corrected chi connectivity index (χ4v) is 5.01. The number of aromatic amines is 1. The number of amides is 3. The molecule has 10 heteroatoms. The first-order valence-electron chi connectivity index (χ1n) is 10.3. The van der Waals surface area contributed by atoms with Crippen LogP contribution < -0.4 is 15.8 Å². The summed E-state index contributed by atoms with van der Waals surface area (Å²) in [6.07, 6.45) is -0.0972. The number of benzene rings is 2. The van der Waals surface area contributed by atoms with Gasteiger partial charge < -0.3 is 5.32 Å². The third-order valence-corrected chi connectivity index (χ3v) is 6.55. The molecule has 2 N–H and O–H groups in total. The van der Waals surface area contributed by atoms with Crippen LogP contribution in [-0.4, -0.2) is 32.5 Å². The Hall–Kier alpha value is -4.05. The summed E-state index contributed by atoms with van der Waals surface area (Å²) in [5.74, 6) is -1.94. The molecule has 0 unspecified atom stereocenters. The fraction of sp³-hybridized carbons (Fsp3) is 0.174. The number of para-hydroxylation sites is 1. The summed E-state index contributed by atoms with van der Waals surface area (Å²) in [6, 6.07) is 14.0. The molecule has 0 saturated carbocycles. The first-order chi connectivity index (χ1) is 15.8. The summed E-state index contributed by atoms with van der Waals surface area (Å²) in [6.45, 7) is 3.11. The molecule has 0 spiro atoms. The number of hydrogen-bond acceptors (Lipinski definition) is 6. The largest absolute Gasteiger partial charge is 0.326 e. The number of aryl methyl sites for hydroxylation is 1. The van der Waals surface area contributed by atoms with Gasteiger partial charge in [-0.2, -0.15) is 4.68 Å². The Morgan fingerprint density at radius 2 is 1.85 bits per heavy atom. The van der Waals surface area contributed by atoms with Gasteiger partial charge in [0.25, 0.3) is 5.56 Å². The van der Waals surface area contributed by atoms with Crippen molar-refractivity contribution in [3.05, 3.63) is 70.1 Å². The first-order valence-corrected chi connectivity index (χ1v) is 11.1. The SMILES string of the molecule is CC(=O)Nc1ccc(N2C(=O)C[C@H](c3c(C)[nH]n(-c4nc5ccccc5s4)c3=O)C2=O)cc1. The predicted molar refractivity (Wildman–Crippen MR) is 125 cm³/mol. The van der Waals surface area contributed by atoms with Crippen LogP contribution in [0.4, 0.5) is 11.4 Å². The van der Waals surface area contributed by atoms with Crippen LogP contribution >= 0.6 is 11.3 Å². The van der Waals surface area contributed by atoms with Gasteiger partial charge in [-0.25, -0.2) is 4.98 Å². The number of nitrogens with one attached hydrogen (secondary N) is 2. The number of imide groups is 1. The lowest BCUT2D eigenvalue weighted by Gasteiger charge is -2.15. The van der Waals surface area contributed by atoms with Crippen molar-refractivity contribution < 1.29 is 14.4 Å². The molecule has 1 fully saturated rings. The molecule has 2 aromatic heterocycles. The minimum Gasteiger partial charge on any atom is -0.326 e. The van der Waals surface area contributed by atoms with Gasteiger partial charge in [-0.3, -0.25) is 29.2 Å². The molecule has 1 aliphatic rings. The summed E-state index contributed by atoms with van der Waals surface area (Å²) in [5.41, 5.74) is 2.13. The average Bonchev–Trinajstić information content (AvgIpc) is 3.41. The van der Waals surface area contributed by atoms with Crippen LogP contribution in [0.15, 0.2) is 53.3 Å². The van der Waals surface area contributed by atoms with Gasteiger partial charge >= 0.3 is 0 Å². The van der Waals surface area contributed by atoms with Crippen molar-refractivity contribution in [2.24, 2.45) is 0 Å². The molecule has 0 aliphatic carbocycles. The van der Waals surface area contributed by atoms with Crippen LogP contribution in [0, 0.1) is 6.92 Å². The van der Waals surface area contributed by atoms with E-state index < -0.39 is 11.8 Å². The zero-order valence-corrected chi connectivity index (χ0v) is 18.6. The molecular formula is C23H19N5O4S. The van der Waals surface area contributed by atoms with E-state index in [1.54, 1.807) is 31.2 Å². The Morgan fingerprint density at radius 1 is 1.12 bits per heavy atom. The number of H-pyrrole nitrogens is 1. The maximum absolute atomic E-state index is 13.3. The number of hydrogen-bond donors (Lipinski definition) is 2. The molecule has 5 rings (SSSR count). The smallest absolute Gasteiger partial charge is 0.277 e. The van der Waals surface area contributed by atoms with Gasteiger partial charge in [0.15, 0.2) is 0 Å². The minimum atomic E-state index is -0.883. The normalized spacial score (nSPS) is 16.1. The van der Waals surface area contributed by atoms with Crippen LogP contribution in [-0.2, 0) is 14.4 Å². The van der Waals surface area contributed by atoms with Gasteiger partial charge in [0, 0.05) is 24.7 Å². The van der Waals surface area contributed by atoms with Gasteiger partial charge in [-0.1, -0.05) is 23.5 Å². The summed E-state index contributed by atoms with van der Waals surface area (Å²) in [7, 11) is 0. The zero-order valence-electron chi connectivity index (χ0n) is 17.8. The fourth-order valence-electron chi connectivity index (χ4n) is 4.09. The highest BCUT2D eigenvalue weighted by Gasteiger charge is 2.43. The van der Waals surface area contributed by atoms with E-state index >= 15 is 0 Å². The van der Waals surface area contributed by atoms with Crippen molar-refractivity contribution in [3.8, 4) is 5.13 Å². The Kier molecular flexibility index (Phi) is 4.94. The predicted octanol–water partition coefficient (Wildman–Crippen LogP) is 3.09. The van der Waals surface area contributed by atoms with E-state index in [1.165, 1.54) is 22.9 Å². The molecule has 3 amide bonds. The molecule has 33 heavy (non-hydrogen) atoms. The van der Waals surface area contributed by atoms with Gasteiger partial charge in [-0.15, -0.1) is 0 Å². The average molecular weight is 462 g/mol. The van der Waals surface area contributed by atoms with Crippen molar-refractivity contribution in [1.82, 2.24) is 14.8 Å². The molecule has 1 atom stereocenters. The number of fused-ring (bicyclic) bond motifs is 1. The second-order valence-corrected chi connectivity index (χ2v) is 8.82. The third-order valence-electron chi connectivity index (χ3n) is 5.53. The molecule has 3 heterocycles. The maximum Gasteiger partial charge on any atom is 0.277 e. The summed E-state index contributed by atoms with van der Waals surface area (Å²) in [4.78, 5) is 56.1. The highest BCUT2D eigenvalue weighted by Crippen LogP contribution is 2.34. The van der Waals surface area contributed by atoms with Crippen LogP contribution in [0.5, 0.6) is 0 Å². The highest BCUT2D eigenvalue weighted by molar-refractivity contribution is 7.20. The van der Waals surface area contributed by atoms with E-state index in [0.717, 1.165) is 15.1 Å². The molecular weight excluding hydrogens is 442 g/mol. The second-order valence-electron chi connectivity index (χ2n) is 7.81. The lowest BCUT2D eigenvalue weighted by molar-refractivity contribution is -0.121. The Balaban J connectivity index is 1.48. The Bertz CT molecular complexity index is 1450. The topological polar surface area (TPSA) is 117 Å². The molecule has 9 nitrogen and oxygen atoms in total. The number of carbonyl (C=O) groups is 3. The van der Waals surface area contributed by atoms with E-state index in [0.29, 0.717) is 22.2 Å². The molecule has 0 radical (unpaired) electrons. The van der Waals surface area contributed by atoms with Crippen LogP contribution in [0.1, 0.15) is 30.5 Å². The zero-order chi connectivity index (χ0) is 23.3. The first kappa shape index (κ1) is 20.8. The number of anilines is 2. The van der Waals surface area contributed by atoms with Gasteiger partial charge in [0.05, 0.1) is 27.4 Å². The number of rotatable bonds is 4. The van der Waals surface area contributed by atoms with Crippen molar-refractivity contribution in [1.29, 1.82) is 0 Å². The number of nitrogens with zero attached hydrogens (tertiary/aromatic N) is 3. The lowest BCUT2D eigenvalue weighted by Crippen LogP contribution is -2.31. The van der Waals surface area contributed by atoms with E-state index in [1.807, 2.05) is 24.3 Å². The molecule has 1 saturated heterocycles. The van der Waals surface area contributed by atoms with Crippen molar-refractivity contribution in [2.45, 2.75) is 26.2 Å². The number of thiazole rings is 1. The van der Waals surface area contributed by atoms with Crippen LogP contribution in [0.2, 0.25) is 0 Å². The van der Waals surface area contributed by atoms with E-state index in [2.05, 4.69) is 15.4 Å². The van der Waals surface area contributed by atoms with Crippen LogP contribution in [0.25, 0.3) is 15.3 Å². The number of aromatic nitrogens is 3. The second kappa shape index (κ2) is 7.82. The Labute approximate surface area is 191 Å². The standard InChI is InChI=1S/C23H19N5O4S/c1-12-20(22(32)28(26-12)23-25-17-5-3-4-6-18(17)33-23)16-11-19(30)27(21(16)31)15-9-7-14(8-10-15)24-13(2)29/h3-10,16,26H,11H2,1-2H3,(H,24,29)/t16-/m1/s1. The van der Waals surface area contributed by atoms with E-state index in [9.17, 15) is 19.2 Å². The molecule has 1 aliphatic heterocycles. The molecule has 0 bridgehead atoms. The minimum absolute atomic E-state index is 0.0972. The van der Waals surface area contributed by atoms with E-state index in [-0.39, 0.29) is 29.4 Å². The Morgan fingerprint density at radius 3 is 2.55 bits per heavy atom. The van der Waals surface area contributed by atoms with Gasteiger partial charge in [0.2, 0.25) is 22.9 Å². The molecule has 2 aromatic carbocycles. The quantitative estimate of drug-likeness (QED) is 0.453. The van der Waals surface area contributed by atoms with Gasteiger partial charge in [-0.05, 0) is 43.3 Å².